The predicted molar refractivity (Wildman–Crippen MR) is 117 cm³/mol. The van der Waals surface area contributed by atoms with Crippen LogP contribution in [0.4, 0.5) is 5.69 Å². The maximum atomic E-state index is 13.0. The fourth-order valence-corrected chi connectivity index (χ4v) is 4.43. The van der Waals surface area contributed by atoms with Crippen molar-refractivity contribution in [3.63, 3.8) is 0 Å². The van der Waals surface area contributed by atoms with Gasteiger partial charge in [-0.3, -0.25) is 14.7 Å². The molecule has 1 fully saturated rings. The number of hydrazone groups is 1. The van der Waals surface area contributed by atoms with Crippen LogP contribution in [0.1, 0.15) is 37.3 Å². The summed E-state index contributed by atoms with van der Waals surface area (Å²) in [7, 11) is 0. The van der Waals surface area contributed by atoms with Crippen molar-refractivity contribution >= 4 is 40.4 Å². The van der Waals surface area contributed by atoms with Crippen molar-refractivity contribution in [1.29, 1.82) is 0 Å². The third kappa shape index (κ3) is 4.58. The van der Waals surface area contributed by atoms with Gasteiger partial charge in [0.15, 0.2) is 5.78 Å². The number of anilines is 1. The van der Waals surface area contributed by atoms with E-state index in [4.69, 9.17) is 23.2 Å². The Bertz CT molecular complexity index is 924. The molecule has 2 aromatic carbocycles. The molecule has 2 aliphatic rings. The molecule has 0 amide bonds. The van der Waals surface area contributed by atoms with E-state index >= 15 is 0 Å². The smallest absolute Gasteiger partial charge is 0.192 e. The number of phenolic OH excluding ortho intramolecular Hbond substituents is 1. The highest BCUT2D eigenvalue weighted by molar-refractivity contribution is 6.41. The van der Waals surface area contributed by atoms with E-state index in [0.717, 1.165) is 31.5 Å². The Labute approximate surface area is 180 Å². The number of phenols is 1. The van der Waals surface area contributed by atoms with Gasteiger partial charge < -0.3 is 5.11 Å². The number of hydrogen-bond donors (Lipinski definition) is 1. The number of piperidine rings is 1. The molecule has 152 valence electrons. The van der Waals surface area contributed by atoms with Gasteiger partial charge in [0.2, 0.25) is 0 Å². The zero-order valence-corrected chi connectivity index (χ0v) is 17.5. The maximum absolute atomic E-state index is 13.0. The average molecular weight is 432 g/mol. The second-order valence-corrected chi connectivity index (χ2v) is 8.40. The number of carbonyl (C=O) groups is 1. The molecule has 2 aliphatic heterocycles. The third-order valence-electron chi connectivity index (χ3n) is 5.48. The molecule has 2 heterocycles. The SMILES string of the molecule is O=C(CN1CCCCC1)C1=NN(c2ccc(Cl)cc2Cl)C(c2ccc(O)cc2)C1. The number of hydrogen-bond acceptors (Lipinski definition) is 5. The second kappa shape index (κ2) is 8.74. The lowest BCUT2D eigenvalue weighted by atomic mass is 9.99. The van der Waals surface area contributed by atoms with Gasteiger partial charge in [-0.15, -0.1) is 0 Å². The van der Waals surface area contributed by atoms with Gasteiger partial charge in [-0.1, -0.05) is 41.8 Å². The summed E-state index contributed by atoms with van der Waals surface area (Å²) in [4.78, 5) is 15.2. The summed E-state index contributed by atoms with van der Waals surface area (Å²) >= 11 is 12.5. The zero-order valence-electron chi connectivity index (χ0n) is 16.0. The first-order valence-corrected chi connectivity index (χ1v) is 10.6. The molecule has 4 rings (SSSR count). The summed E-state index contributed by atoms with van der Waals surface area (Å²) < 4.78 is 0. The van der Waals surface area contributed by atoms with E-state index < -0.39 is 0 Å². The van der Waals surface area contributed by atoms with E-state index in [2.05, 4.69) is 10.0 Å². The van der Waals surface area contributed by atoms with Gasteiger partial charge in [0.1, 0.15) is 11.5 Å². The first-order valence-electron chi connectivity index (χ1n) is 9.87. The largest absolute Gasteiger partial charge is 0.508 e. The first kappa shape index (κ1) is 20.2. The van der Waals surface area contributed by atoms with E-state index in [1.165, 1.54) is 6.42 Å². The first-order chi connectivity index (χ1) is 14.0. The molecule has 7 heteroatoms. The lowest BCUT2D eigenvalue weighted by molar-refractivity contribution is -0.114. The van der Waals surface area contributed by atoms with Gasteiger partial charge in [-0.25, -0.2) is 0 Å². The topological polar surface area (TPSA) is 56.1 Å². The second-order valence-electron chi connectivity index (χ2n) is 7.56. The van der Waals surface area contributed by atoms with Crippen molar-refractivity contribution in [2.45, 2.75) is 31.7 Å². The monoisotopic (exact) mass is 431 g/mol. The molecular weight excluding hydrogens is 409 g/mol. The molecule has 0 spiro atoms. The Balaban J connectivity index is 1.62. The van der Waals surface area contributed by atoms with Crippen LogP contribution in [0.2, 0.25) is 10.0 Å². The van der Waals surface area contributed by atoms with Crippen LogP contribution >= 0.6 is 23.2 Å². The molecule has 0 aromatic heterocycles. The molecule has 1 atom stereocenters. The fourth-order valence-electron chi connectivity index (χ4n) is 3.94. The fraction of sp³-hybridized carbons (Fsp3) is 0.364. The number of halogens is 2. The predicted octanol–water partition coefficient (Wildman–Crippen LogP) is 5.06. The summed E-state index contributed by atoms with van der Waals surface area (Å²) in [6, 6.07) is 12.1. The van der Waals surface area contributed by atoms with Crippen LogP contribution in [0.5, 0.6) is 5.75 Å². The number of nitrogens with zero attached hydrogens (tertiary/aromatic N) is 3. The van der Waals surface area contributed by atoms with Crippen LogP contribution in [0.3, 0.4) is 0 Å². The van der Waals surface area contributed by atoms with Crippen molar-refractivity contribution < 1.29 is 9.90 Å². The summed E-state index contributed by atoms with van der Waals surface area (Å²) in [6.45, 7) is 2.34. The Morgan fingerprint density at radius 3 is 2.48 bits per heavy atom. The summed E-state index contributed by atoms with van der Waals surface area (Å²) in [5.74, 6) is 0.258. The van der Waals surface area contributed by atoms with Crippen LogP contribution in [-0.4, -0.2) is 41.1 Å². The molecule has 1 unspecified atom stereocenters. The molecular formula is C22H23Cl2N3O2. The van der Waals surface area contributed by atoms with E-state index in [1.54, 1.807) is 29.3 Å². The summed E-state index contributed by atoms with van der Waals surface area (Å²) in [5, 5.41) is 17.1. The van der Waals surface area contributed by atoms with Gasteiger partial charge in [0, 0.05) is 11.4 Å². The van der Waals surface area contributed by atoms with Crippen molar-refractivity contribution in [3.8, 4) is 5.75 Å². The minimum Gasteiger partial charge on any atom is -0.508 e. The Morgan fingerprint density at radius 1 is 1.07 bits per heavy atom. The Kier molecular flexibility index (Phi) is 6.09. The molecule has 0 bridgehead atoms. The minimum atomic E-state index is -0.172. The molecule has 0 aliphatic carbocycles. The van der Waals surface area contributed by atoms with Gasteiger partial charge in [0.05, 0.1) is 23.3 Å². The highest BCUT2D eigenvalue weighted by atomic mass is 35.5. The average Bonchev–Trinajstić information content (AvgIpc) is 3.14. The van der Waals surface area contributed by atoms with E-state index in [9.17, 15) is 9.90 Å². The van der Waals surface area contributed by atoms with E-state index in [1.807, 2.05) is 18.2 Å². The van der Waals surface area contributed by atoms with Gasteiger partial charge in [0.25, 0.3) is 0 Å². The summed E-state index contributed by atoms with van der Waals surface area (Å²) in [5.41, 5.74) is 2.22. The number of carbonyl (C=O) groups excluding carboxylic acids is 1. The molecule has 2 aromatic rings. The van der Waals surface area contributed by atoms with E-state index in [-0.39, 0.29) is 17.6 Å². The third-order valence-corrected chi connectivity index (χ3v) is 6.02. The molecule has 0 radical (unpaired) electrons. The maximum Gasteiger partial charge on any atom is 0.192 e. The molecule has 0 saturated carbocycles. The molecule has 5 nitrogen and oxygen atoms in total. The van der Waals surface area contributed by atoms with Crippen LogP contribution in [0.25, 0.3) is 0 Å². The minimum absolute atomic E-state index is 0.0586. The zero-order chi connectivity index (χ0) is 20.4. The molecule has 29 heavy (non-hydrogen) atoms. The number of benzene rings is 2. The van der Waals surface area contributed by atoms with Crippen molar-refractivity contribution in [1.82, 2.24) is 4.90 Å². The summed E-state index contributed by atoms with van der Waals surface area (Å²) in [6.07, 6.45) is 4.01. The Hall–Kier alpha value is -2.08. The van der Waals surface area contributed by atoms with Crippen LogP contribution in [0, 0.1) is 0 Å². The number of aromatic hydroxyl groups is 1. The van der Waals surface area contributed by atoms with E-state index in [0.29, 0.717) is 34.4 Å². The van der Waals surface area contributed by atoms with Gasteiger partial charge in [-0.2, -0.15) is 5.10 Å². The Morgan fingerprint density at radius 2 is 1.79 bits per heavy atom. The highest BCUT2D eigenvalue weighted by Gasteiger charge is 2.33. The van der Waals surface area contributed by atoms with Crippen LogP contribution < -0.4 is 5.01 Å². The van der Waals surface area contributed by atoms with Crippen molar-refractivity contribution in [2.75, 3.05) is 24.6 Å². The van der Waals surface area contributed by atoms with Gasteiger partial charge in [-0.05, 0) is 61.8 Å². The molecule has 1 N–H and O–H groups in total. The van der Waals surface area contributed by atoms with Crippen molar-refractivity contribution in [3.05, 3.63) is 58.1 Å². The lowest BCUT2D eigenvalue weighted by Crippen LogP contribution is -2.36. The standard InChI is InChI=1S/C22H23Cl2N3O2/c23-16-6-9-20(18(24)12-16)27-21(15-4-7-17(28)8-5-15)13-19(25-27)22(29)14-26-10-2-1-3-11-26/h4-9,12,21,28H,1-3,10-11,13-14H2. The number of ketones is 1. The van der Waals surface area contributed by atoms with Crippen molar-refractivity contribution in [2.24, 2.45) is 5.10 Å². The van der Waals surface area contributed by atoms with Crippen LogP contribution in [-0.2, 0) is 4.79 Å². The van der Waals surface area contributed by atoms with Gasteiger partial charge >= 0.3 is 0 Å². The lowest BCUT2D eigenvalue weighted by Gasteiger charge is -2.25. The normalized spacial score (nSPS) is 20.0. The highest BCUT2D eigenvalue weighted by Crippen LogP contribution is 2.40. The number of rotatable bonds is 5. The molecule has 1 saturated heterocycles. The quantitative estimate of drug-likeness (QED) is 0.718. The number of likely N-dealkylation sites (tertiary alicyclic amines) is 1. The number of Topliss-reactive ketones (excluding diaryl/α,β-unsaturated/α-hetero) is 1. The van der Waals surface area contributed by atoms with Crippen LogP contribution in [0.15, 0.2) is 47.6 Å².